The zero-order valence-electron chi connectivity index (χ0n) is 25.6. The summed E-state index contributed by atoms with van der Waals surface area (Å²) in [5.41, 5.74) is 19.1. The van der Waals surface area contributed by atoms with Crippen molar-refractivity contribution in [1.29, 1.82) is 0 Å². The van der Waals surface area contributed by atoms with Crippen molar-refractivity contribution < 1.29 is 27.2 Å². The zero-order valence-corrected chi connectivity index (χ0v) is 25.6. The molecule has 0 aromatic heterocycles. The quantitative estimate of drug-likeness (QED) is 0.179. The van der Waals surface area contributed by atoms with Crippen molar-refractivity contribution in [2.75, 3.05) is 32.7 Å². The Balaban J connectivity index is 1.81. The molecule has 0 aliphatic carbocycles. The van der Waals surface area contributed by atoms with Gasteiger partial charge in [-0.3, -0.25) is 9.59 Å². The molecule has 1 heterocycles. The van der Waals surface area contributed by atoms with Crippen molar-refractivity contribution in [2.45, 2.75) is 76.5 Å². The summed E-state index contributed by atoms with van der Waals surface area (Å²) in [4.78, 5) is 31.0. The summed E-state index contributed by atoms with van der Waals surface area (Å²) < 4.78 is 54.5. The molecule has 4 atom stereocenters. The normalized spacial score (nSPS) is 18.5. The van der Waals surface area contributed by atoms with Gasteiger partial charge in [-0.1, -0.05) is 32.4 Å². The minimum Gasteiger partial charge on any atom is -0.335 e. The van der Waals surface area contributed by atoms with Gasteiger partial charge in [-0.2, -0.15) is 0 Å². The average molecular weight is 623 g/mol. The highest BCUT2D eigenvalue weighted by molar-refractivity contribution is 5.85. The van der Waals surface area contributed by atoms with Gasteiger partial charge < -0.3 is 32.3 Å². The van der Waals surface area contributed by atoms with E-state index < -0.39 is 35.4 Å². The van der Waals surface area contributed by atoms with Crippen LogP contribution in [0.5, 0.6) is 0 Å². The summed E-state index contributed by atoms with van der Waals surface area (Å²) in [5.74, 6) is -4.43. The monoisotopic (exact) mass is 622 g/mol. The summed E-state index contributed by atoms with van der Waals surface area (Å²) >= 11 is 0. The third-order valence-electron chi connectivity index (χ3n) is 7.98. The van der Waals surface area contributed by atoms with Crippen LogP contribution in [0.1, 0.15) is 50.7 Å². The standard InChI is InChI=1S/C32H46F4N6O2/c1-20(2)13-24-19-41(31(43)29(38)16-21-6-8-25(33)27(35)14-21)23(5-3-4-11-40-12-10-37)18-42(24)32(44)30(39)17-22-7-9-26(34)28(36)15-22/h6-9,14-15,20,23-24,29-30,40H,3-5,10-13,16-19,37-39H2,1-2H3/t23-,24+,29?,30?/m0/s1. The molecule has 0 bridgehead atoms. The van der Waals surface area contributed by atoms with E-state index in [-0.39, 0.29) is 55.7 Å². The van der Waals surface area contributed by atoms with Gasteiger partial charge in [-0.05, 0) is 80.0 Å². The van der Waals surface area contributed by atoms with Crippen LogP contribution in [0, 0.1) is 29.2 Å². The molecule has 2 amide bonds. The van der Waals surface area contributed by atoms with Gasteiger partial charge in [0.05, 0.1) is 12.1 Å². The Morgan fingerprint density at radius 3 is 1.77 bits per heavy atom. The van der Waals surface area contributed by atoms with Gasteiger partial charge in [0.2, 0.25) is 11.8 Å². The number of carbonyl (C=O) groups is 2. The van der Waals surface area contributed by atoms with E-state index >= 15 is 0 Å². The topological polar surface area (TPSA) is 131 Å². The number of carbonyl (C=O) groups excluding carboxylic acids is 2. The largest absolute Gasteiger partial charge is 0.335 e. The van der Waals surface area contributed by atoms with Crippen LogP contribution in [-0.4, -0.2) is 78.5 Å². The first kappa shape index (κ1) is 35.4. The SMILES string of the molecule is CC(C)C[C@@H]1CN(C(=O)C(N)Cc2ccc(F)c(F)c2)[C@@H](CCCCNCCN)CN1C(=O)C(N)Cc1ccc(F)c(F)c1. The summed E-state index contributed by atoms with van der Waals surface area (Å²) in [6.07, 6.45) is 2.85. The molecule has 2 aromatic rings. The summed E-state index contributed by atoms with van der Waals surface area (Å²) in [6, 6.07) is 4.23. The molecule has 0 saturated carbocycles. The van der Waals surface area contributed by atoms with E-state index in [0.29, 0.717) is 37.1 Å². The van der Waals surface area contributed by atoms with Crippen LogP contribution in [0.15, 0.2) is 36.4 Å². The van der Waals surface area contributed by atoms with Crippen molar-refractivity contribution in [1.82, 2.24) is 15.1 Å². The lowest BCUT2D eigenvalue weighted by Gasteiger charge is -2.48. The number of nitrogens with one attached hydrogen (secondary N) is 1. The fourth-order valence-corrected chi connectivity index (χ4v) is 5.78. The van der Waals surface area contributed by atoms with Crippen molar-refractivity contribution >= 4 is 11.8 Å². The molecular weight excluding hydrogens is 576 g/mol. The Morgan fingerprint density at radius 1 is 0.795 bits per heavy atom. The fourth-order valence-electron chi connectivity index (χ4n) is 5.78. The number of hydrogen-bond acceptors (Lipinski definition) is 6. The van der Waals surface area contributed by atoms with Gasteiger partial charge in [0.1, 0.15) is 0 Å². The Kier molecular flexibility index (Phi) is 13.6. The first-order valence-corrected chi connectivity index (χ1v) is 15.3. The molecule has 1 fully saturated rings. The second-order valence-electron chi connectivity index (χ2n) is 12.1. The molecule has 244 valence electrons. The Labute approximate surface area is 257 Å². The molecule has 1 saturated heterocycles. The lowest BCUT2D eigenvalue weighted by Crippen LogP contribution is -2.65. The van der Waals surface area contributed by atoms with Gasteiger partial charge in [0, 0.05) is 38.3 Å². The predicted octanol–water partition coefficient (Wildman–Crippen LogP) is 2.86. The van der Waals surface area contributed by atoms with Crippen molar-refractivity contribution in [3.63, 3.8) is 0 Å². The Bertz CT molecular complexity index is 1250. The van der Waals surface area contributed by atoms with Crippen molar-refractivity contribution in [3.8, 4) is 0 Å². The molecule has 1 aliphatic heterocycles. The Morgan fingerprint density at radius 2 is 1.30 bits per heavy atom. The highest BCUT2D eigenvalue weighted by Gasteiger charge is 2.40. The van der Waals surface area contributed by atoms with Crippen LogP contribution in [0.4, 0.5) is 17.6 Å². The van der Waals surface area contributed by atoms with Crippen LogP contribution in [0.2, 0.25) is 0 Å². The lowest BCUT2D eigenvalue weighted by molar-refractivity contribution is -0.149. The van der Waals surface area contributed by atoms with E-state index in [2.05, 4.69) is 5.32 Å². The van der Waals surface area contributed by atoms with E-state index in [9.17, 15) is 27.2 Å². The molecule has 0 spiro atoms. The van der Waals surface area contributed by atoms with Crippen LogP contribution >= 0.6 is 0 Å². The van der Waals surface area contributed by atoms with E-state index in [1.165, 1.54) is 12.1 Å². The van der Waals surface area contributed by atoms with Crippen LogP contribution in [0.3, 0.4) is 0 Å². The average Bonchev–Trinajstić information content (AvgIpc) is 2.98. The van der Waals surface area contributed by atoms with Gasteiger partial charge >= 0.3 is 0 Å². The van der Waals surface area contributed by atoms with E-state index in [1.807, 2.05) is 13.8 Å². The minimum absolute atomic E-state index is 0.0266. The highest BCUT2D eigenvalue weighted by atomic mass is 19.2. The number of rotatable bonds is 15. The first-order chi connectivity index (χ1) is 20.9. The number of benzene rings is 2. The molecular formula is C32H46F4N6O2. The number of hydrogen-bond donors (Lipinski definition) is 4. The fraction of sp³-hybridized carbons (Fsp3) is 0.562. The first-order valence-electron chi connectivity index (χ1n) is 15.3. The van der Waals surface area contributed by atoms with Crippen LogP contribution in [0.25, 0.3) is 0 Å². The number of unbranched alkanes of at least 4 members (excludes halogenated alkanes) is 1. The van der Waals surface area contributed by atoms with Crippen molar-refractivity contribution in [2.24, 2.45) is 23.1 Å². The zero-order chi connectivity index (χ0) is 32.4. The second-order valence-corrected chi connectivity index (χ2v) is 12.1. The predicted molar refractivity (Wildman–Crippen MR) is 162 cm³/mol. The summed E-state index contributed by atoms with van der Waals surface area (Å²) in [7, 11) is 0. The minimum atomic E-state index is -1.01. The molecule has 1 aliphatic rings. The molecule has 3 rings (SSSR count). The summed E-state index contributed by atoms with van der Waals surface area (Å²) in [5, 5.41) is 3.25. The maximum Gasteiger partial charge on any atom is 0.240 e. The summed E-state index contributed by atoms with van der Waals surface area (Å²) in [6.45, 7) is 6.49. The van der Waals surface area contributed by atoms with Crippen molar-refractivity contribution in [3.05, 3.63) is 70.8 Å². The van der Waals surface area contributed by atoms with Gasteiger partial charge in [0.15, 0.2) is 23.3 Å². The molecule has 0 radical (unpaired) electrons. The Hall–Kier alpha value is -3.06. The second kappa shape index (κ2) is 16.9. The molecule has 12 heteroatoms. The molecule has 44 heavy (non-hydrogen) atoms. The highest BCUT2D eigenvalue weighted by Crippen LogP contribution is 2.26. The third kappa shape index (κ3) is 9.98. The molecule has 2 aromatic carbocycles. The van der Waals surface area contributed by atoms with E-state index in [0.717, 1.165) is 43.7 Å². The van der Waals surface area contributed by atoms with E-state index in [4.69, 9.17) is 17.2 Å². The van der Waals surface area contributed by atoms with Gasteiger partial charge in [0.25, 0.3) is 0 Å². The lowest BCUT2D eigenvalue weighted by atomic mass is 9.93. The smallest absolute Gasteiger partial charge is 0.240 e. The number of halogens is 4. The van der Waals surface area contributed by atoms with Gasteiger partial charge in [-0.25, -0.2) is 17.6 Å². The third-order valence-corrected chi connectivity index (χ3v) is 7.98. The number of amides is 2. The van der Waals surface area contributed by atoms with Crippen LogP contribution < -0.4 is 22.5 Å². The molecule has 8 nitrogen and oxygen atoms in total. The molecule has 2 unspecified atom stereocenters. The number of piperazine rings is 1. The number of nitrogens with zero attached hydrogens (tertiary/aromatic N) is 2. The maximum atomic E-state index is 13.8. The van der Waals surface area contributed by atoms with Gasteiger partial charge in [-0.15, -0.1) is 0 Å². The molecule has 7 N–H and O–H groups in total. The van der Waals surface area contributed by atoms with Crippen LogP contribution in [-0.2, 0) is 22.4 Å². The maximum absolute atomic E-state index is 13.8. The van der Waals surface area contributed by atoms with E-state index in [1.54, 1.807) is 9.80 Å². The number of nitrogens with two attached hydrogens (primary N) is 3.